The summed E-state index contributed by atoms with van der Waals surface area (Å²) in [5, 5.41) is 0. The molecule has 17 heavy (non-hydrogen) atoms. The zero-order valence-corrected chi connectivity index (χ0v) is 9.75. The first-order valence-electron chi connectivity index (χ1n) is 6.14. The number of fused-ring (bicyclic) bond motifs is 1. The Labute approximate surface area is 99.1 Å². The number of halogens is 3. The Morgan fingerprint density at radius 3 is 2.65 bits per heavy atom. The standard InChI is InChI=1S/C11H19F3N2O/c12-11(13,14)17-5-4-16-6-8-2-1-3-10(15)9(8)7-16/h8-10H,1-7,15H2. The largest absolute Gasteiger partial charge is 0.522 e. The van der Waals surface area contributed by atoms with Crippen LogP contribution in [0.3, 0.4) is 0 Å². The molecule has 1 aliphatic carbocycles. The van der Waals surface area contributed by atoms with Crippen LogP contribution in [-0.4, -0.2) is 43.5 Å². The third kappa shape index (κ3) is 3.56. The Morgan fingerprint density at radius 2 is 2.00 bits per heavy atom. The van der Waals surface area contributed by atoms with Gasteiger partial charge in [0.1, 0.15) is 0 Å². The Bertz CT molecular complexity index is 260. The van der Waals surface area contributed by atoms with E-state index in [0.717, 1.165) is 32.4 Å². The number of nitrogens with zero attached hydrogens (tertiary/aromatic N) is 1. The lowest BCUT2D eigenvalue weighted by Crippen LogP contribution is -2.38. The number of likely N-dealkylation sites (tertiary alicyclic amines) is 1. The van der Waals surface area contributed by atoms with E-state index in [-0.39, 0.29) is 12.6 Å². The molecule has 0 amide bonds. The van der Waals surface area contributed by atoms with E-state index >= 15 is 0 Å². The molecule has 1 saturated carbocycles. The smallest absolute Gasteiger partial charge is 0.327 e. The Morgan fingerprint density at radius 1 is 1.24 bits per heavy atom. The zero-order chi connectivity index (χ0) is 12.5. The van der Waals surface area contributed by atoms with Crippen LogP contribution in [0, 0.1) is 11.8 Å². The number of hydrogen-bond acceptors (Lipinski definition) is 3. The second-order valence-corrected chi connectivity index (χ2v) is 5.07. The molecule has 1 heterocycles. The zero-order valence-electron chi connectivity index (χ0n) is 9.75. The molecule has 0 aromatic rings. The van der Waals surface area contributed by atoms with Crippen LogP contribution in [-0.2, 0) is 4.74 Å². The summed E-state index contributed by atoms with van der Waals surface area (Å²) < 4.78 is 39.3. The minimum absolute atomic E-state index is 0.224. The molecule has 1 saturated heterocycles. The van der Waals surface area contributed by atoms with Crippen LogP contribution in [0.25, 0.3) is 0 Å². The number of alkyl halides is 3. The van der Waals surface area contributed by atoms with Gasteiger partial charge in [-0.2, -0.15) is 0 Å². The average molecular weight is 252 g/mol. The van der Waals surface area contributed by atoms with Gasteiger partial charge in [0.25, 0.3) is 0 Å². The van der Waals surface area contributed by atoms with Gasteiger partial charge in [-0.15, -0.1) is 13.2 Å². The van der Waals surface area contributed by atoms with E-state index in [4.69, 9.17) is 5.73 Å². The lowest BCUT2D eigenvalue weighted by Gasteiger charge is -2.29. The van der Waals surface area contributed by atoms with E-state index in [1.807, 2.05) is 4.90 Å². The van der Waals surface area contributed by atoms with E-state index in [2.05, 4.69) is 4.74 Å². The first kappa shape index (κ1) is 13.1. The maximum Gasteiger partial charge on any atom is 0.522 e. The highest BCUT2D eigenvalue weighted by Gasteiger charge is 2.38. The second kappa shape index (κ2) is 5.12. The van der Waals surface area contributed by atoms with Crippen LogP contribution < -0.4 is 5.73 Å². The van der Waals surface area contributed by atoms with Crippen molar-refractivity contribution in [1.82, 2.24) is 4.90 Å². The lowest BCUT2D eigenvalue weighted by molar-refractivity contribution is -0.324. The van der Waals surface area contributed by atoms with Crippen LogP contribution in [0.5, 0.6) is 0 Å². The van der Waals surface area contributed by atoms with E-state index < -0.39 is 6.36 Å². The van der Waals surface area contributed by atoms with Gasteiger partial charge in [0.15, 0.2) is 0 Å². The fourth-order valence-electron chi connectivity index (χ4n) is 3.08. The average Bonchev–Trinajstić information content (AvgIpc) is 2.60. The van der Waals surface area contributed by atoms with Gasteiger partial charge < -0.3 is 10.6 Å². The van der Waals surface area contributed by atoms with E-state index in [1.54, 1.807) is 0 Å². The van der Waals surface area contributed by atoms with Crippen molar-refractivity contribution in [2.45, 2.75) is 31.7 Å². The molecule has 3 unspecified atom stereocenters. The molecule has 0 radical (unpaired) electrons. The van der Waals surface area contributed by atoms with Crippen LogP contribution in [0.4, 0.5) is 13.2 Å². The Hall–Kier alpha value is -0.330. The third-order valence-electron chi connectivity index (χ3n) is 3.90. The van der Waals surface area contributed by atoms with Gasteiger partial charge in [0.2, 0.25) is 0 Å². The fourth-order valence-corrected chi connectivity index (χ4v) is 3.08. The molecular weight excluding hydrogens is 233 g/mol. The van der Waals surface area contributed by atoms with E-state index in [9.17, 15) is 13.2 Å². The van der Waals surface area contributed by atoms with Crippen molar-refractivity contribution in [3.05, 3.63) is 0 Å². The van der Waals surface area contributed by atoms with Gasteiger partial charge in [0, 0.05) is 25.7 Å². The summed E-state index contributed by atoms with van der Waals surface area (Å²) in [6.45, 7) is 1.77. The van der Waals surface area contributed by atoms with Crippen molar-refractivity contribution in [3.8, 4) is 0 Å². The molecule has 2 rings (SSSR count). The summed E-state index contributed by atoms with van der Waals surface area (Å²) in [5.41, 5.74) is 6.04. The molecular formula is C11H19F3N2O. The third-order valence-corrected chi connectivity index (χ3v) is 3.90. The van der Waals surface area contributed by atoms with Gasteiger partial charge >= 0.3 is 6.36 Å². The van der Waals surface area contributed by atoms with Crippen molar-refractivity contribution in [2.75, 3.05) is 26.2 Å². The number of rotatable bonds is 3. The van der Waals surface area contributed by atoms with Crippen LogP contribution in [0.1, 0.15) is 19.3 Å². The molecule has 0 aromatic heterocycles. The maximum absolute atomic E-state index is 11.8. The summed E-state index contributed by atoms with van der Waals surface area (Å²) in [6, 6.07) is 0.224. The molecule has 6 heteroatoms. The summed E-state index contributed by atoms with van der Waals surface area (Å²) in [4.78, 5) is 2.05. The highest BCUT2D eigenvalue weighted by atomic mass is 19.4. The lowest BCUT2D eigenvalue weighted by atomic mass is 9.78. The monoisotopic (exact) mass is 252 g/mol. The summed E-state index contributed by atoms with van der Waals surface area (Å²) in [6.07, 6.45) is -1.15. The molecule has 0 spiro atoms. The van der Waals surface area contributed by atoms with Crippen LogP contribution in [0.2, 0.25) is 0 Å². The number of nitrogens with two attached hydrogens (primary N) is 1. The SMILES string of the molecule is NC1CCCC2CN(CCOC(F)(F)F)CC12. The predicted molar refractivity (Wildman–Crippen MR) is 57.3 cm³/mol. The fraction of sp³-hybridized carbons (Fsp3) is 1.00. The minimum Gasteiger partial charge on any atom is -0.327 e. The molecule has 1 aliphatic heterocycles. The molecule has 100 valence electrons. The highest BCUT2D eigenvalue weighted by Crippen LogP contribution is 2.35. The number of hydrogen-bond donors (Lipinski definition) is 1. The van der Waals surface area contributed by atoms with Crippen molar-refractivity contribution in [1.29, 1.82) is 0 Å². The molecule has 2 aliphatic rings. The summed E-state index contributed by atoms with van der Waals surface area (Å²) in [7, 11) is 0. The van der Waals surface area contributed by atoms with E-state index in [0.29, 0.717) is 18.4 Å². The first-order valence-corrected chi connectivity index (χ1v) is 6.14. The second-order valence-electron chi connectivity index (χ2n) is 5.07. The Kier molecular flexibility index (Phi) is 3.95. The van der Waals surface area contributed by atoms with Crippen molar-refractivity contribution in [2.24, 2.45) is 17.6 Å². The number of ether oxygens (including phenoxy) is 1. The van der Waals surface area contributed by atoms with Crippen molar-refractivity contribution in [3.63, 3.8) is 0 Å². The van der Waals surface area contributed by atoms with Crippen LogP contribution in [0.15, 0.2) is 0 Å². The molecule has 2 fully saturated rings. The molecule has 3 nitrogen and oxygen atoms in total. The summed E-state index contributed by atoms with van der Waals surface area (Å²) >= 11 is 0. The van der Waals surface area contributed by atoms with Gasteiger partial charge in [-0.25, -0.2) is 0 Å². The van der Waals surface area contributed by atoms with Gasteiger partial charge in [0.05, 0.1) is 6.61 Å². The molecule has 0 bridgehead atoms. The summed E-state index contributed by atoms with van der Waals surface area (Å²) in [5.74, 6) is 1.04. The minimum atomic E-state index is -4.51. The normalized spacial score (nSPS) is 34.9. The molecule has 3 atom stereocenters. The van der Waals surface area contributed by atoms with Crippen molar-refractivity contribution < 1.29 is 17.9 Å². The maximum atomic E-state index is 11.8. The van der Waals surface area contributed by atoms with Crippen molar-refractivity contribution >= 4 is 0 Å². The Balaban J connectivity index is 1.74. The quantitative estimate of drug-likeness (QED) is 0.829. The highest BCUT2D eigenvalue weighted by molar-refractivity contribution is 4.92. The van der Waals surface area contributed by atoms with Gasteiger partial charge in [-0.05, 0) is 24.7 Å². The van der Waals surface area contributed by atoms with Gasteiger partial charge in [-0.1, -0.05) is 6.42 Å². The van der Waals surface area contributed by atoms with Gasteiger partial charge in [-0.3, -0.25) is 4.74 Å². The van der Waals surface area contributed by atoms with Crippen LogP contribution >= 0.6 is 0 Å². The molecule has 0 aromatic carbocycles. The molecule has 2 N–H and O–H groups in total. The topological polar surface area (TPSA) is 38.5 Å². The predicted octanol–water partition coefficient (Wildman–Crippen LogP) is 1.58. The first-order chi connectivity index (χ1) is 7.96. The van der Waals surface area contributed by atoms with E-state index in [1.165, 1.54) is 0 Å².